The van der Waals surface area contributed by atoms with Crippen LogP contribution in [0.15, 0.2) is 65.6 Å². The number of ether oxygens (including phenoxy) is 1. The second-order valence-electron chi connectivity index (χ2n) is 5.61. The quantitative estimate of drug-likeness (QED) is 0.353. The molecule has 0 fully saturated rings. The molecule has 3 aromatic carbocycles. The van der Waals surface area contributed by atoms with Crippen LogP contribution < -0.4 is 0 Å². The van der Waals surface area contributed by atoms with Crippen LogP contribution in [0, 0.1) is 0 Å². The Hall–Kier alpha value is -1.94. The first-order valence-corrected chi connectivity index (χ1v) is 9.83. The average Bonchev–Trinajstić information content (AvgIpc) is 2.67. The highest BCUT2D eigenvalue weighted by atomic mass is 35.5. The molecule has 0 saturated heterocycles. The highest BCUT2D eigenvalue weighted by Crippen LogP contribution is 2.37. The van der Waals surface area contributed by atoms with E-state index in [0.29, 0.717) is 15.6 Å². The standard InChI is InChI=1S/C21H16Cl2O2S/c1-25-21(24)20-18(14-5-9-17(23)10-6-14)11-15(12-19(20)26-2)13-3-7-16(22)8-4-13/h3-12H,1-2H3. The summed E-state index contributed by atoms with van der Waals surface area (Å²) in [6, 6.07) is 19.1. The molecule has 5 heteroatoms. The predicted octanol–water partition coefficient (Wildman–Crippen LogP) is 6.84. The van der Waals surface area contributed by atoms with Crippen LogP contribution in [-0.4, -0.2) is 19.3 Å². The van der Waals surface area contributed by atoms with Crippen molar-refractivity contribution < 1.29 is 9.53 Å². The molecule has 0 aliphatic heterocycles. The second-order valence-corrected chi connectivity index (χ2v) is 7.33. The van der Waals surface area contributed by atoms with Gasteiger partial charge in [0.05, 0.1) is 12.7 Å². The number of carbonyl (C=O) groups is 1. The van der Waals surface area contributed by atoms with Gasteiger partial charge in [0.25, 0.3) is 0 Å². The normalized spacial score (nSPS) is 10.6. The van der Waals surface area contributed by atoms with Gasteiger partial charge in [-0.3, -0.25) is 0 Å². The molecule has 26 heavy (non-hydrogen) atoms. The third-order valence-electron chi connectivity index (χ3n) is 4.04. The van der Waals surface area contributed by atoms with Gasteiger partial charge < -0.3 is 4.74 Å². The zero-order chi connectivity index (χ0) is 18.7. The number of halogens is 2. The van der Waals surface area contributed by atoms with Crippen molar-refractivity contribution in [1.29, 1.82) is 0 Å². The molecule has 3 aromatic rings. The van der Waals surface area contributed by atoms with Crippen molar-refractivity contribution in [2.24, 2.45) is 0 Å². The molecule has 0 aromatic heterocycles. The number of esters is 1. The monoisotopic (exact) mass is 402 g/mol. The minimum absolute atomic E-state index is 0.359. The van der Waals surface area contributed by atoms with E-state index in [1.54, 1.807) is 0 Å². The van der Waals surface area contributed by atoms with Crippen molar-refractivity contribution in [3.63, 3.8) is 0 Å². The molecule has 0 saturated carbocycles. The summed E-state index contributed by atoms with van der Waals surface area (Å²) in [5.41, 5.74) is 4.30. The number of carbonyl (C=O) groups excluding carboxylic acids is 1. The third kappa shape index (κ3) is 3.90. The predicted molar refractivity (Wildman–Crippen MR) is 110 cm³/mol. The molecule has 0 unspecified atom stereocenters. The summed E-state index contributed by atoms with van der Waals surface area (Å²) < 4.78 is 5.03. The van der Waals surface area contributed by atoms with Gasteiger partial charge in [0.1, 0.15) is 0 Å². The van der Waals surface area contributed by atoms with Crippen LogP contribution in [0.1, 0.15) is 10.4 Å². The molecule has 2 nitrogen and oxygen atoms in total. The molecule has 0 bridgehead atoms. The summed E-state index contributed by atoms with van der Waals surface area (Å²) in [6.45, 7) is 0. The number of benzene rings is 3. The maximum Gasteiger partial charge on any atom is 0.339 e. The summed E-state index contributed by atoms with van der Waals surface area (Å²) >= 11 is 13.5. The second kappa shape index (κ2) is 8.17. The highest BCUT2D eigenvalue weighted by Gasteiger charge is 2.20. The fraction of sp³-hybridized carbons (Fsp3) is 0.0952. The van der Waals surface area contributed by atoms with Crippen LogP contribution in [0.2, 0.25) is 10.0 Å². The Morgan fingerprint density at radius 3 is 1.88 bits per heavy atom. The fourth-order valence-electron chi connectivity index (χ4n) is 2.76. The lowest BCUT2D eigenvalue weighted by Gasteiger charge is -2.15. The largest absolute Gasteiger partial charge is 0.465 e. The van der Waals surface area contributed by atoms with Crippen molar-refractivity contribution in [2.75, 3.05) is 13.4 Å². The van der Waals surface area contributed by atoms with Gasteiger partial charge in [-0.1, -0.05) is 47.5 Å². The minimum Gasteiger partial charge on any atom is -0.465 e. The molecule has 132 valence electrons. The van der Waals surface area contributed by atoms with Crippen molar-refractivity contribution in [3.05, 3.63) is 76.3 Å². The minimum atomic E-state index is -0.359. The molecule has 3 rings (SSSR count). The van der Waals surface area contributed by atoms with Crippen LogP contribution in [0.4, 0.5) is 0 Å². The van der Waals surface area contributed by atoms with Gasteiger partial charge in [-0.2, -0.15) is 0 Å². The van der Waals surface area contributed by atoms with Crippen LogP contribution in [-0.2, 0) is 4.74 Å². The third-order valence-corrected chi connectivity index (χ3v) is 5.31. The maximum atomic E-state index is 12.5. The number of methoxy groups -OCH3 is 1. The van der Waals surface area contributed by atoms with Gasteiger partial charge in [0, 0.05) is 14.9 Å². The summed E-state index contributed by atoms with van der Waals surface area (Å²) in [7, 11) is 1.39. The number of hydrogen-bond donors (Lipinski definition) is 0. The molecule has 0 heterocycles. The van der Waals surface area contributed by atoms with E-state index in [4.69, 9.17) is 27.9 Å². The number of hydrogen-bond acceptors (Lipinski definition) is 3. The van der Waals surface area contributed by atoms with Crippen LogP contribution in [0.25, 0.3) is 22.3 Å². The smallest absolute Gasteiger partial charge is 0.339 e. The Morgan fingerprint density at radius 2 is 1.38 bits per heavy atom. The first-order valence-electron chi connectivity index (χ1n) is 7.85. The molecule has 0 N–H and O–H groups in total. The topological polar surface area (TPSA) is 26.3 Å². The molecule has 0 spiro atoms. The molecule has 0 radical (unpaired) electrons. The van der Waals surface area contributed by atoms with E-state index >= 15 is 0 Å². The number of thioether (sulfide) groups is 1. The van der Waals surface area contributed by atoms with E-state index in [2.05, 4.69) is 0 Å². The Kier molecular flexibility index (Phi) is 5.92. The molecule has 0 aliphatic carbocycles. The van der Waals surface area contributed by atoms with E-state index in [1.165, 1.54) is 18.9 Å². The average molecular weight is 403 g/mol. The number of rotatable bonds is 4. The Bertz CT molecular complexity index is 935. The van der Waals surface area contributed by atoms with Crippen molar-refractivity contribution >= 4 is 40.9 Å². The van der Waals surface area contributed by atoms with Gasteiger partial charge >= 0.3 is 5.97 Å². The van der Waals surface area contributed by atoms with Crippen molar-refractivity contribution in [1.82, 2.24) is 0 Å². The summed E-state index contributed by atoms with van der Waals surface area (Å²) in [5.74, 6) is -0.359. The van der Waals surface area contributed by atoms with Gasteiger partial charge in [0.15, 0.2) is 0 Å². The van der Waals surface area contributed by atoms with Gasteiger partial charge in [-0.25, -0.2) is 4.79 Å². The van der Waals surface area contributed by atoms with Gasteiger partial charge in [0.2, 0.25) is 0 Å². The molecule has 0 aliphatic rings. The van der Waals surface area contributed by atoms with Crippen LogP contribution in [0.5, 0.6) is 0 Å². The molecular formula is C21H16Cl2O2S. The summed E-state index contributed by atoms with van der Waals surface area (Å²) in [6.07, 6.45) is 1.94. The van der Waals surface area contributed by atoms with E-state index in [9.17, 15) is 4.79 Å². The van der Waals surface area contributed by atoms with Crippen LogP contribution >= 0.6 is 35.0 Å². The van der Waals surface area contributed by atoms with E-state index in [0.717, 1.165) is 27.1 Å². The zero-order valence-electron chi connectivity index (χ0n) is 14.3. The molecule has 0 atom stereocenters. The SMILES string of the molecule is COC(=O)c1c(SC)cc(-c2ccc(Cl)cc2)cc1-c1ccc(Cl)cc1. The lowest BCUT2D eigenvalue weighted by molar-refractivity contribution is 0.0598. The Labute approximate surface area is 167 Å². The van der Waals surface area contributed by atoms with Crippen molar-refractivity contribution in [2.45, 2.75) is 4.90 Å². The van der Waals surface area contributed by atoms with E-state index in [1.807, 2.05) is 66.9 Å². The molecule has 0 amide bonds. The van der Waals surface area contributed by atoms with Crippen molar-refractivity contribution in [3.8, 4) is 22.3 Å². The highest BCUT2D eigenvalue weighted by molar-refractivity contribution is 7.98. The van der Waals surface area contributed by atoms with Gasteiger partial charge in [-0.05, 0) is 64.9 Å². The first kappa shape index (κ1) is 18.8. The lowest BCUT2D eigenvalue weighted by Crippen LogP contribution is -2.06. The Morgan fingerprint density at radius 1 is 0.846 bits per heavy atom. The molecular weight excluding hydrogens is 387 g/mol. The summed E-state index contributed by atoms with van der Waals surface area (Å²) in [5, 5.41) is 1.33. The summed E-state index contributed by atoms with van der Waals surface area (Å²) in [4.78, 5) is 13.3. The van der Waals surface area contributed by atoms with Gasteiger partial charge in [-0.15, -0.1) is 11.8 Å². The Balaban J connectivity index is 2.26. The van der Waals surface area contributed by atoms with E-state index < -0.39 is 0 Å². The first-order chi connectivity index (χ1) is 12.5. The lowest BCUT2D eigenvalue weighted by atomic mass is 9.94. The fourth-order valence-corrected chi connectivity index (χ4v) is 3.65. The maximum absolute atomic E-state index is 12.5. The van der Waals surface area contributed by atoms with Crippen LogP contribution in [0.3, 0.4) is 0 Å². The van der Waals surface area contributed by atoms with E-state index in [-0.39, 0.29) is 5.97 Å². The zero-order valence-corrected chi connectivity index (χ0v) is 16.6.